The average Bonchev–Trinajstić information content (AvgIpc) is 2.34. The number of phenols is 1. The molecule has 0 aliphatic heterocycles. The van der Waals surface area contributed by atoms with Crippen LogP contribution in [0.1, 0.15) is 25.3 Å². The van der Waals surface area contributed by atoms with Crippen molar-refractivity contribution in [3.63, 3.8) is 0 Å². The summed E-state index contributed by atoms with van der Waals surface area (Å²) in [5.41, 5.74) is 1.27. The van der Waals surface area contributed by atoms with Crippen molar-refractivity contribution in [1.29, 1.82) is 0 Å². The van der Waals surface area contributed by atoms with E-state index in [2.05, 4.69) is 12.2 Å². The molecule has 1 rings (SSSR count). The molecule has 3 heteroatoms. The quantitative estimate of drug-likeness (QED) is 0.682. The van der Waals surface area contributed by atoms with E-state index < -0.39 is 0 Å². The molecule has 1 unspecified atom stereocenters. The molecule has 96 valence electrons. The zero-order valence-electron chi connectivity index (χ0n) is 10.8. The molecule has 0 spiro atoms. The summed E-state index contributed by atoms with van der Waals surface area (Å²) in [5.74, 6) is 0.333. The summed E-state index contributed by atoms with van der Waals surface area (Å²) in [4.78, 5) is 0. The monoisotopic (exact) mass is 237 g/mol. The van der Waals surface area contributed by atoms with Crippen LogP contribution in [0.5, 0.6) is 5.75 Å². The van der Waals surface area contributed by atoms with Crippen LogP contribution in [0.3, 0.4) is 0 Å². The molecule has 1 aromatic rings. The first-order chi connectivity index (χ1) is 8.22. The maximum absolute atomic E-state index is 9.18. The highest BCUT2D eigenvalue weighted by atomic mass is 16.5. The van der Waals surface area contributed by atoms with Crippen molar-refractivity contribution in [3.05, 3.63) is 29.8 Å². The zero-order valence-corrected chi connectivity index (χ0v) is 10.8. The van der Waals surface area contributed by atoms with Crippen LogP contribution >= 0.6 is 0 Å². The van der Waals surface area contributed by atoms with E-state index in [1.54, 1.807) is 19.2 Å². The fourth-order valence-electron chi connectivity index (χ4n) is 1.71. The topological polar surface area (TPSA) is 41.5 Å². The Bertz CT molecular complexity index is 298. The smallest absolute Gasteiger partial charge is 0.115 e. The summed E-state index contributed by atoms with van der Waals surface area (Å²) >= 11 is 0. The Kier molecular flexibility index (Phi) is 6.67. The fraction of sp³-hybridized carbons (Fsp3) is 0.571. The second kappa shape index (κ2) is 8.09. The van der Waals surface area contributed by atoms with Gasteiger partial charge in [-0.25, -0.2) is 0 Å². The van der Waals surface area contributed by atoms with E-state index >= 15 is 0 Å². The van der Waals surface area contributed by atoms with Crippen molar-refractivity contribution >= 4 is 0 Å². The van der Waals surface area contributed by atoms with E-state index in [1.807, 2.05) is 12.1 Å². The summed E-state index contributed by atoms with van der Waals surface area (Å²) in [5, 5.41) is 12.6. The maximum atomic E-state index is 9.18. The second-order valence-electron chi connectivity index (χ2n) is 4.41. The summed E-state index contributed by atoms with van der Waals surface area (Å²) in [7, 11) is 1.73. The van der Waals surface area contributed by atoms with E-state index in [4.69, 9.17) is 4.74 Å². The number of phenolic OH excluding ortho intramolecular Hbond substituents is 1. The van der Waals surface area contributed by atoms with Gasteiger partial charge in [0.15, 0.2) is 0 Å². The van der Waals surface area contributed by atoms with Crippen LogP contribution < -0.4 is 5.32 Å². The van der Waals surface area contributed by atoms with Crippen molar-refractivity contribution < 1.29 is 9.84 Å². The highest BCUT2D eigenvalue weighted by Crippen LogP contribution is 2.11. The third-order valence-corrected chi connectivity index (χ3v) is 2.82. The minimum absolute atomic E-state index is 0.333. The van der Waals surface area contributed by atoms with Gasteiger partial charge in [-0.05, 0) is 50.4 Å². The van der Waals surface area contributed by atoms with Gasteiger partial charge in [0.1, 0.15) is 5.75 Å². The van der Waals surface area contributed by atoms with Gasteiger partial charge < -0.3 is 15.2 Å². The molecule has 17 heavy (non-hydrogen) atoms. The molecule has 3 nitrogen and oxygen atoms in total. The van der Waals surface area contributed by atoms with Gasteiger partial charge in [-0.15, -0.1) is 0 Å². The summed E-state index contributed by atoms with van der Waals surface area (Å²) in [6.07, 6.45) is 3.20. The van der Waals surface area contributed by atoms with E-state index in [0.29, 0.717) is 11.8 Å². The Morgan fingerprint density at radius 3 is 2.65 bits per heavy atom. The van der Waals surface area contributed by atoms with Gasteiger partial charge in [0, 0.05) is 19.8 Å². The van der Waals surface area contributed by atoms with Crippen LogP contribution in [0.4, 0.5) is 0 Å². The van der Waals surface area contributed by atoms with E-state index in [9.17, 15) is 5.11 Å². The normalized spacial score (nSPS) is 12.6. The van der Waals surface area contributed by atoms with E-state index in [-0.39, 0.29) is 0 Å². The molecule has 2 N–H and O–H groups in total. The Labute approximate surface area is 104 Å². The molecule has 0 saturated heterocycles. The number of ether oxygens (including phenoxy) is 1. The lowest BCUT2D eigenvalue weighted by Gasteiger charge is -2.13. The summed E-state index contributed by atoms with van der Waals surface area (Å²) in [6.45, 7) is 4.02. The molecule has 1 atom stereocenters. The second-order valence-corrected chi connectivity index (χ2v) is 4.41. The number of hydrogen-bond acceptors (Lipinski definition) is 3. The Hall–Kier alpha value is -1.06. The van der Waals surface area contributed by atoms with Crippen LogP contribution in [0, 0.1) is 0 Å². The van der Waals surface area contributed by atoms with Crippen LogP contribution in [0.2, 0.25) is 0 Å². The number of hydrogen-bond donors (Lipinski definition) is 2. The number of rotatable bonds is 8. The lowest BCUT2D eigenvalue weighted by atomic mass is 10.1. The first kappa shape index (κ1) is 14.0. The van der Waals surface area contributed by atoms with Crippen LogP contribution in [0.15, 0.2) is 24.3 Å². The number of benzene rings is 1. The van der Waals surface area contributed by atoms with Gasteiger partial charge in [-0.1, -0.05) is 12.1 Å². The van der Waals surface area contributed by atoms with Crippen LogP contribution in [0.25, 0.3) is 0 Å². The Balaban J connectivity index is 2.14. The number of methoxy groups -OCH3 is 1. The minimum Gasteiger partial charge on any atom is -0.508 e. The molecule has 1 aromatic carbocycles. The number of aromatic hydroxyl groups is 1. The predicted molar refractivity (Wildman–Crippen MR) is 70.4 cm³/mol. The predicted octanol–water partition coefficient (Wildman–Crippen LogP) is 2.34. The number of aryl methyl sites for hydroxylation is 1. The maximum Gasteiger partial charge on any atom is 0.115 e. The standard InChI is InChI=1S/C14H23NO2/c1-12(15-10-3-11-17-2)4-5-13-6-8-14(16)9-7-13/h6-9,12,15-16H,3-5,10-11H2,1-2H3. The first-order valence-electron chi connectivity index (χ1n) is 6.22. The van der Waals surface area contributed by atoms with Crippen molar-refractivity contribution in [1.82, 2.24) is 5.32 Å². The molecular formula is C14H23NO2. The molecule has 0 aliphatic carbocycles. The summed E-state index contributed by atoms with van der Waals surface area (Å²) < 4.78 is 5.00. The van der Waals surface area contributed by atoms with Crippen molar-refractivity contribution in [2.75, 3.05) is 20.3 Å². The summed E-state index contributed by atoms with van der Waals surface area (Å²) in [6, 6.07) is 7.96. The highest BCUT2D eigenvalue weighted by Gasteiger charge is 2.01. The lowest BCUT2D eigenvalue weighted by molar-refractivity contribution is 0.193. The van der Waals surface area contributed by atoms with Gasteiger partial charge in [0.25, 0.3) is 0 Å². The molecule has 0 saturated carbocycles. The molecule has 0 amide bonds. The fourth-order valence-corrected chi connectivity index (χ4v) is 1.71. The van der Waals surface area contributed by atoms with Crippen LogP contribution in [-0.2, 0) is 11.2 Å². The molecular weight excluding hydrogens is 214 g/mol. The van der Waals surface area contributed by atoms with Crippen molar-refractivity contribution in [3.8, 4) is 5.75 Å². The minimum atomic E-state index is 0.333. The third kappa shape index (κ3) is 6.29. The van der Waals surface area contributed by atoms with E-state index in [1.165, 1.54) is 5.56 Å². The van der Waals surface area contributed by atoms with Gasteiger partial charge in [0.2, 0.25) is 0 Å². The molecule has 0 aliphatic rings. The third-order valence-electron chi connectivity index (χ3n) is 2.82. The SMILES string of the molecule is COCCCNC(C)CCc1ccc(O)cc1. The van der Waals surface area contributed by atoms with E-state index in [0.717, 1.165) is 32.4 Å². The Morgan fingerprint density at radius 2 is 2.00 bits per heavy atom. The molecule has 0 aromatic heterocycles. The first-order valence-corrected chi connectivity index (χ1v) is 6.22. The average molecular weight is 237 g/mol. The molecule has 0 radical (unpaired) electrons. The van der Waals surface area contributed by atoms with Crippen molar-refractivity contribution in [2.24, 2.45) is 0 Å². The lowest BCUT2D eigenvalue weighted by Crippen LogP contribution is -2.28. The van der Waals surface area contributed by atoms with Gasteiger partial charge >= 0.3 is 0 Å². The largest absolute Gasteiger partial charge is 0.508 e. The zero-order chi connectivity index (χ0) is 12.5. The van der Waals surface area contributed by atoms with Gasteiger partial charge in [0.05, 0.1) is 0 Å². The molecule has 0 bridgehead atoms. The highest BCUT2D eigenvalue weighted by molar-refractivity contribution is 5.25. The van der Waals surface area contributed by atoms with Crippen LogP contribution in [-0.4, -0.2) is 31.4 Å². The molecule has 0 heterocycles. The van der Waals surface area contributed by atoms with Gasteiger partial charge in [-0.3, -0.25) is 0 Å². The van der Waals surface area contributed by atoms with Gasteiger partial charge in [-0.2, -0.15) is 0 Å². The molecule has 0 fully saturated rings. The number of nitrogens with one attached hydrogen (secondary N) is 1. The Morgan fingerprint density at radius 1 is 1.29 bits per heavy atom. The van der Waals surface area contributed by atoms with Crippen molar-refractivity contribution in [2.45, 2.75) is 32.2 Å².